The number of benzene rings is 2. The number of nitrogens with zero attached hydrogens (tertiary/aromatic N) is 2. The summed E-state index contributed by atoms with van der Waals surface area (Å²) in [7, 11) is 0. The van der Waals surface area contributed by atoms with E-state index in [4.69, 9.17) is 17.0 Å². The Hall–Kier alpha value is -3.22. The molecule has 0 aliphatic carbocycles. The fourth-order valence-corrected chi connectivity index (χ4v) is 5.30. The molecule has 0 radical (unpaired) electrons. The predicted molar refractivity (Wildman–Crippen MR) is 135 cm³/mol. The summed E-state index contributed by atoms with van der Waals surface area (Å²) < 4.78 is 6.01. The minimum absolute atomic E-state index is 0.0229. The first-order valence-electron chi connectivity index (χ1n) is 10.5. The summed E-state index contributed by atoms with van der Waals surface area (Å²) >= 11 is 7.59. The van der Waals surface area contributed by atoms with Crippen LogP contribution in [-0.4, -0.2) is 10.1 Å². The fourth-order valence-electron chi connectivity index (χ4n) is 3.95. The minimum Gasteiger partial charge on any atom is -0.457 e. The SMILES string of the molecule is Cc1ccc(Oc2ccc(N3C(=S)N[C@@H](c4ccccn4)[C@@H]3c3ccc(C)s3)cc2)cc1. The molecule has 0 unspecified atom stereocenters. The van der Waals surface area contributed by atoms with Crippen molar-refractivity contribution < 1.29 is 4.74 Å². The fraction of sp³-hybridized carbons (Fsp3) is 0.154. The van der Waals surface area contributed by atoms with Crippen LogP contribution < -0.4 is 15.0 Å². The van der Waals surface area contributed by atoms with E-state index < -0.39 is 0 Å². The second-order valence-corrected chi connectivity index (χ2v) is 9.56. The van der Waals surface area contributed by atoms with E-state index >= 15 is 0 Å². The summed E-state index contributed by atoms with van der Waals surface area (Å²) in [6, 6.07) is 26.5. The molecule has 1 aliphatic heterocycles. The van der Waals surface area contributed by atoms with E-state index in [-0.39, 0.29) is 12.1 Å². The standard InChI is InChI=1S/C26H23N3OS2/c1-17-6-11-20(12-7-17)30-21-13-9-19(10-14-21)29-25(23-15-8-18(2)32-23)24(28-26(29)31)22-5-3-4-16-27-22/h3-16,24-25H,1-2H3,(H,28,31)/t24-,25-/m0/s1. The van der Waals surface area contributed by atoms with Crippen LogP contribution in [0.3, 0.4) is 0 Å². The smallest absolute Gasteiger partial charge is 0.174 e. The number of hydrogen-bond donors (Lipinski definition) is 1. The van der Waals surface area contributed by atoms with Gasteiger partial charge in [-0.05, 0) is 86.7 Å². The van der Waals surface area contributed by atoms with E-state index in [9.17, 15) is 0 Å². The van der Waals surface area contributed by atoms with Crippen LogP contribution in [0.25, 0.3) is 0 Å². The van der Waals surface area contributed by atoms with Crippen LogP contribution in [-0.2, 0) is 0 Å². The third kappa shape index (κ3) is 4.11. The number of hydrogen-bond acceptors (Lipinski definition) is 4. The lowest BCUT2D eigenvalue weighted by Gasteiger charge is -2.27. The minimum atomic E-state index is -0.0229. The maximum absolute atomic E-state index is 6.01. The van der Waals surface area contributed by atoms with Crippen molar-refractivity contribution in [1.29, 1.82) is 0 Å². The molecule has 1 fully saturated rings. The van der Waals surface area contributed by atoms with Crippen molar-refractivity contribution >= 4 is 34.4 Å². The third-order valence-corrected chi connectivity index (χ3v) is 6.91. The van der Waals surface area contributed by atoms with Crippen molar-refractivity contribution in [2.75, 3.05) is 4.90 Å². The summed E-state index contributed by atoms with van der Waals surface area (Å²) in [5, 5.41) is 4.20. The van der Waals surface area contributed by atoms with Crippen molar-refractivity contribution in [3.63, 3.8) is 0 Å². The molecule has 0 spiro atoms. The van der Waals surface area contributed by atoms with E-state index in [2.05, 4.69) is 59.4 Å². The van der Waals surface area contributed by atoms with Crippen molar-refractivity contribution in [3.8, 4) is 11.5 Å². The monoisotopic (exact) mass is 457 g/mol. The van der Waals surface area contributed by atoms with Gasteiger partial charge in [-0.3, -0.25) is 4.98 Å². The van der Waals surface area contributed by atoms with Gasteiger partial charge in [-0.15, -0.1) is 11.3 Å². The molecule has 1 saturated heterocycles. The van der Waals surface area contributed by atoms with Gasteiger partial charge in [0.25, 0.3) is 0 Å². The van der Waals surface area contributed by atoms with Gasteiger partial charge in [-0.2, -0.15) is 0 Å². The van der Waals surface area contributed by atoms with Gasteiger partial charge in [-0.25, -0.2) is 0 Å². The van der Waals surface area contributed by atoms with Gasteiger partial charge in [-0.1, -0.05) is 23.8 Å². The summed E-state index contributed by atoms with van der Waals surface area (Å²) in [6.07, 6.45) is 1.83. The first kappa shape index (κ1) is 20.7. The maximum Gasteiger partial charge on any atom is 0.174 e. The van der Waals surface area contributed by atoms with Crippen LogP contribution in [0.1, 0.15) is 33.1 Å². The Morgan fingerprint density at radius 1 is 0.906 bits per heavy atom. The topological polar surface area (TPSA) is 37.4 Å². The van der Waals surface area contributed by atoms with Gasteiger partial charge in [0, 0.05) is 21.6 Å². The Kier molecular flexibility index (Phi) is 5.64. The van der Waals surface area contributed by atoms with Gasteiger partial charge >= 0.3 is 0 Å². The number of aromatic nitrogens is 1. The molecular weight excluding hydrogens is 434 g/mol. The van der Waals surface area contributed by atoms with Gasteiger partial charge in [0.1, 0.15) is 11.5 Å². The van der Waals surface area contributed by atoms with Crippen molar-refractivity contribution in [2.45, 2.75) is 25.9 Å². The molecule has 6 heteroatoms. The molecule has 32 heavy (non-hydrogen) atoms. The second-order valence-electron chi connectivity index (χ2n) is 7.85. The molecule has 1 N–H and O–H groups in total. The Labute approximate surface area is 197 Å². The van der Waals surface area contributed by atoms with E-state index in [1.54, 1.807) is 11.3 Å². The van der Waals surface area contributed by atoms with Gasteiger partial charge < -0.3 is 15.0 Å². The number of ether oxygens (including phenoxy) is 1. The van der Waals surface area contributed by atoms with Crippen LogP contribution in [0.5, 0.6) is 11.5 Å². The van der Waals surface area contributed by atoms with E-state index in [1.807, 2.05) is 54.7 Å². The third-order valence-electron chi connectivity index (χ3n) is 5.52. The summed E-state index contributed by atoms with van der Waals surface area (Å²) in [5.41, 5.74) is 3.21. The number of rotatable bonds is 5. The number of pyridine rings is 1. The first-order valence-corrected chi connectivity index (χ1v) is 11.7. The highest BCUT2D eigenvalue weighted by molar-refractivity contribution is 7.80. The Morgan fingerprint density at radius 2 is 1.62 bits per heavy atom. The second kappa shape index (κ2) is 8.73. The molecule has 160 valence electrons. The molecule has 2 atom stereocenters. The average molecular weight is 458 g/mol. The average Bonchev–Trinajstić information content (AvgIpc) is 3.39. The molecule has 0 saturated carbocycles. The molecule has 2 aromatic heterocycles. The first-order chi connectivity index (χ1) is 15.6. The van der Waals surface area contributed by atoms with Gasteiger partial charge in [0.2, 0.25) is 0 Å². The Bertz CT molecular complexity index is 1220. The highest BCUT2D eigenvalue weighted by Gasteiger charge is 2.41. The lowest BCUT2D eigenvalue weighted by Crippen LogP contribution is -2.28. The highest BCUT2D eigenvalue weighted by Crippen LogP contribution is 2.43. The van der Waals surface area contributed by atoms with E-state index in [1.165, 1.54) is 15.3 Å². The summed E-state index contributed by atoms with van der Waals surface area (Å²) in [4.78, 5) is 9.33. The van der Waals surface area contributed by atoms with Crippen molar-refractivity contribution in [3.05, 3.63) is 106 Å². The molecule has 0 bridgehead atoms. The zero-order valence-electron chi connectivity index (χ0n) is 17.9. The normalized spacial score (nSPS) is 17.9. The molecule has 2 aromatic carbocycles. The molecule has 4 aromatic rings. The molecule has 0 amide bonds. The van der Waals surface area contributed by atoms with Crippen LogP contribution in [0.4, 0.5) is 5.69 Å². The number of anilines is 1. The van der Waals surface area contributed by atoms with Crippen LogP contribution >= 0.6 is 23.6 Å². The Balaban J connectivity index is 1.46. The number of aryl methyl sites for hydroxylation is 2. The Morgan fingerprint density at radius 3 is 2.25 bits per heavy atom. The van der Waals surface area contributed by atoms with Crippen molar-refractivity contribution in [1.82, 2.24) is 10.3 Å². The zero-order chi connectivity index (χ0) is 22.1. The van der Waals surface area contributed by atoms with Crippen molar-refractivity contribution in [2.24, 2.45) is 0 Å². The van der Waals surface area contributed by atoms with Gasteiger partial charge in [0.15, 0.2) is 5.11 Å². The lowest BCUT2D eigenvalue weighted by molar-refractivity contribution is 0.482. The number of nitrogens with one attached hydrogen (secondary N) is 1. The molecule has 4 nitrogen and oxygen atoms in total. The lowest BCUT2D eigenvalue weighted by atomic mass is 10.0. The number of thiophene rings is 1. The number of thiocarbonyl (C=S) groups is 1. The summed E-state index contributed by atoms with van der Waals surface area (Å²) in [5.74, 6) is 1.62. The van der Waals surface area contributed by atoms with Gasteiger partial charge in [0.05, 0.1) is 17.8 Å². The zero-order valence-corrected chi connectivity index (χ0v) is 19.5. The molecule has 3 heterocycles. The predicted octanol–water partition coefficient (Wildman–Crippen LogP) is 6.73. The largest absolute Gasteiger partial charge is 0.457 e. The quantitative estimate of drug-likeness (QED) is 0.336. The molecule has 1 aliphatic rings. The van der Waals surface area contributed by atoms with E-state index in [0.29, 0.717) is 5.11 Å². The van der Waals surface area contributed by atoms with E-state index in [0.717, 1.165) is 22.9 Å². The molecule has 5 rings (SSSR count). The van der Waals surface area contributed by atoms with Crippen LogP contribution in [0, 0.1) is 13.8 Å². The van der Waals surface area contributed by atoms with Crippen LogP contribution in [0.2, 0.25) is 0 Å². The van der Waals surface area contributed by atoms with Crippen LogP contribution in [0.15, 0.2) is 85.1 Å². The highest BCUT2D eigenvalue weighted by atomic mass is 32.1. The molecular formula is C26H23N3OS2. The summed E-state index contributed by atoms with van der Waals surface area (Å²) in [6.45, 7) is 4.20. The maximum atomic E-state index is 6.01.